The molecule has 17 heavy (non-hydrogen) atoms. The van der Waals surface area contributed by atoms with Crippen LogP contribution in [-0.4, -0.2) is 23.5 Å². The van der Waals surface area contributed by atoms with Gasteiger partial charge < -0.3 is 16.3 Å². The standard InChI is InChI=1S/C12H21N3O2/c1-11(4-2-3-5-11)8-14-10(16)12(6-7-12)9(13)15-17/h17H,2-8H2,1H3,(H2,13,15)(H,14,16). The molecule has 0 radical (unpaired) electrons. The number of hydrogen-bond acceptors (Lipinski definition) is 3. The van der Waals surface area contributed by atoms with Gasteiger partial charge in [0, 0.05) is 6.54 Å². The summed E-state index contributed by atoms with van der Waals surface area (Å²) >= 11 is 0. The summed E-state index contributed by atoms with van der Waals surface area (Å²) in [6, 6.07) is 0. The zero-order valence-electron chi connectivity index (χ0n) is 10.3. The number of amides is 1. The van der Waals surface area contributed by atoms with Crippen molar-refractivity contribution in [1.29, 1.82) is 0 Å². The van der Waals surface area contributed by atoms with Gasteiger partial charge in [-0.1, -0.05) is 24.9 Å². The van der Waals surface area contributed by atoms with Crippen molar-refractivity contribution in [3.05, 3.63) is 0 Å². The number of carbonyl (C=O) groups excluding carboxylic acids is 1. The van der Waals surface area contributed by atoms with Crippen LogP contribution in [0.5, 0.6) is 0 Å². The predicted molar refractivity (Wildman–Crippen MR) is 64.7 cm³/mol. The Labute approximate surface area is 101 Å². The largest absolute Gasteiger partial charge is 0.409 e. The molecule has 0 atom stereocenters. The predicted octanol–water partition coefficient (Wildman–Crippen LogP) is 1.21. The Morgan fingerprint density at radius 3 is 2.41 bits per heavy atom. The number of nitrogens with one attached hydrogen (secondary N) is 1. The van der Waals surface area contributed by atoms with E-state index in [1.165, 1.54) is 25.7 Å². The van der Waals surface area contributed by atoms with Crippen molar-refractivity contribution in [2.45, 2.75) is 45.4 Å². The average molecular weight is 239 g/mol. The van der Waals surface area contributed by atoms with E-state index in [0.29, 0.717) is 19.4 Å². The zero-order valence-corrected chi connectivity index (χ0v) is 10.3. The second-order valence-electron chi connectivity index (χ2n) is 5.77. The molecule has 0 aromatic heterocycles. The zero-order chi connectivity index (χ0) is 12.5. The molecular weight excluding hydrogens is 218 g/mol. The Hall–Kier alpha value is -1.26. The van der Waals surface area contributed by atoms with Crippen molar-refractivity contribution in [2.75, 3.05) is 6.54 Å². The second kappa shape index (κ2) is 4.20. The van der Waals surface area contributed by atoms with Gasteiger partial charge in [-0.25, -0.2) is 0 Å². The molecule has 2 aliphatic carbocycles. The van der Waals surface area contributed by atoms with Crippen molar-refractivity contribution >= 4 is 11.7 Å². The molecule has 0 bridgehead atoms. The molecule has 5 heteroatoms. The summed E-state index contributed by atoms with van der Waals surface area (Å²) in [5.41, 5.74) is 5.08. The molecular formula is C12H21N3O2. The van der Waals surface area contributed by atoms with Gasteiger partial charge >= 0.3 is 0 Å². The maximum atomic E-state index is 12.0. The lowest BCUT2D eigenvalue weighted by Gasteiger charge is -2.25. The van der Waals surface area contributed by atoms with E-state index in [-0.39, 0.29) is 17.2 Å². The highest BCUT2D eigenvalue weighted by Crippen LogP contribution is 2.46. The molecule has 2 aliphatic rings. The summed E-state index contributed by atoms with van der Waals surface area (Å²) in [4.78, 5) is 12.0. The van der Waals surface area contributed by atoms with Crippen LogP contribution >= 0.6 is 0 Å². The number of nitrogens with two attached hydrogens (primary N) is 1. The number of hydrogen-bond donors (Lipinski definition) is 3. The van der Waals surface area contributed by atoms with Gasteiger partial charge in [0.25, 0.3) is 0 Å². The van der Waals surface area contributed by atoms with Crippen molar-refractivity contribution in [1.82, 2.24) is 5.32 Å². The highest BCUT2D eigenvalue weighted by Gasteiger charge is 2.54. The molecule has 5 nitrogen and oxygen atoms in total. The van der Waals surface area contributed by atoms with Crippen LogP contribution in [0.15, 0.2) is 5.16 Å². The van der Waals surface area contributed by atoms with E-state index in [0.717, 1.165) is 0 Å². The normalized spacial score (nSPS) is 25.6. The third-order valence-electron chi connectivity index (χ3n) is 4.27. The lowest BCUT2D eigenvalue weighted by atomic mass is 9.88. The van der Waals surface area contributed by atoms with Crippen LogP contribution in [-0.2, 0) is 4.79 Å². The topological polar surface area (TPSA) is 87.7 Å². The Bertz CT molecular complexity index is 342. The monoisotopic (exact) mass is 239 g/mol. The Morgan fingerprint density at radius 1 is 1.35 bits per heavy atom. The van der Waals surface area contributed by atoms with Gasteiger partial charge in [-0.2, -0.15) is 0 Å². The van der Waals surface area contributed by atoms with E-state index in [1.807, 2.05) is 0 Å². The van der Waals surface area contributed by atoms with E-state index >= 15 is 0 Å². The maximum absolute atomic E-state index is 12.0. The first-order chi connectivity index (χ1) is 8.02. The van der Waals surface area contributed by atoms with Crippen LogP contribution in [0, 0.1) is 10.8 Å². The lowest BCUT2D eigenvalue weighted by molar-refractivity contribution is -0.124. The molecule has 4 N–H and O–H groups in total. The Balaban J connectivity index is 1.90. The third kappa shape index (κ3) is 2.23. The summed E-state index contributed by atoms with van der Waals surface area (Å²) in [5, 5.41) is 14.6. The minimum Gasteiger partial charge on any atom is -0.409 e. The number of amidine groups is 1. The van der Waals surface area contributed by atoms with Crippen LogP contribution in [0.4, 0.5) is 0 Å². The van der Waals surface area contributed by atoms with Crippen molar-refractivity contribution in [2.24, 2.45) is 21.7 Å². The van der Waals surface area contributed by atoms with Gasteiger partial charge in [-0.05, 0) is 31.1 Å². The summed E-state index contributed by atoms with van der Waals surface area (Å²) in [5.74, 6) is -0.0347. The number of oxime groups is 1. The van der Waals surface area contributed by atoms with Gasteiger partial charge in [-0.3, -0.25) is 4.79 Å². The molecule has 0 aromatic carbocycles. The first-order valence-electron chi connectivity index (χ1n) is 6.29. The minimum atomic E-state index is -0.719. The minimum absolute atomic E-state index is 0.0478. The van der Waals surface area contributed by atoms with Crippen LogP contribution in [0.3, 0.4) is 0 Å². The fourth-order valence-corrected chi connectivity index (χ4v) is 2.69. The molecule has 0 spiro atoms. The van der Waals surface area contributed by atoms with Gasteiger partial charge in [0.05, 0.1) is 0 Å². The molecule has 0 aliphatic heterocycles. The van der Waals surface area contributed by atoms with Crippen LogP contribution in [0.25, 0.3) is 0 Å². The summed E-state index contributed by atoms with van der Waals surface area (Å²) in [6.07, 6.45) is 6.21. The molecule has 96 valence electrons. The number of nitrogens with zero attached hydrogens (tertiary/aromatic N) is 1. The molecule has 2 saturated carbocycles. The number of carbonyl (C=O) groups is 1. The molecule has 2 rings (SSSR count). The first-order valence-corrected chi connectivity index (χ1v) is 6.29. The quantitative estimate of drug-likeness (QED) is 0.298. The number of rotatable bonds is 4. The van der Waals surface area contributed by atoms with E-state index in [2.05, 4.69) is 17.4 Å². The average Bonchev–Trinajstić information content (AvgIpc) is 3.03. The van der Waals surface area contributed by atoms with Crippen LogP contribution < -0.4 is 11.1 Å². The molecule has 0 saturated heterocycles. The fourth-order valence-electron chi connectivity index (χ4n) is 2.69. The second-order valence-corrected chi connectivity index (χ2v) is 5.77. The van der Waals surface area contributed by atoms with Gasteiger partial charge in [0.15, 0.2) is 5.84 Å². The molecule has 2 fully saturated rings. The third-order valence-corrected chi connectivity index (χ3v) is 4.27. The molecule has 0 heterocycles. The maximum Gasteiger partial charge on any atom is 0.233 e. The smallest absolute Gasteiger partial charge is 0.233 e. The Kier molecular flexibility index (Phi) is 3.02. The van der Waals surface area contributed by atoms with Crippen LogP contribution in [0.2, 0.25) is 0 Å². The van der Waals surface area contributed by atoms with Crippen LogP contribution in [0.1, 0.15) is 45.4 Å². The SMILES string of the molecule is CC1(CNC(=O)C2(C(N)=NO)CC2)CCCC1. The fraction of sp³-hybridized carbons (Fsp3) is 0.833. The van der Waals surface area contributed by atoms with E-state index in [9.17, 15) is 4.79 Å². The molecule has 0 unspecified atom stereocenters. The van der Waals surface area contributed by atoms with Crippen molar-refractivity contribution in [3.8, 4) is 0 Å². The summed E-state index contributed by atoms with van der Waals surface area (Å²) < 4.78 is 0. The van der Waals surface area contributed by atoms with Gasteiger partial charge in [0.2, 0.25) is 5.91 Å². The van der Waals surface area contributed by atoms with E-state index in [1.54, 1.807) is 0 Å². The summed E-state index contributed by atoms with van der Waals surface area (Å²) in [6.45, 7) is 2.91. The lowest BCUT2D eigenvalue weighted by Crippen LogP contribution is -2.44. The molecule has 0 aromatic rings. The van der Waals surface area contributed by atoms with E-state index < -0.39 is 5.41 Å². The van der Waals surface area contributed by atoms with Gasteiger partial charge in [0.1, 0.15) is 5.41 Å². The molecule has 1 amide bonds. The Morgan fingerprint density at radius 2 is 1.94 bits per heavy atom. The summed E-state index contributed by atoms with van der Waals surface area (Å²) in [7, 11) is 0. The van der Waals surface area contributed by atoms with Gasteiger partial charge in [-0.15, -0.1) is 0 Å². The highest BCUT2D eigenvalue weighted by molar-refractivity contribution is 6.09. The van der Waals surface area contributed by atoms with Crippen molar-refractivity contribution in [3.63, 3.8) is 0 Å². The van der Waals surface area contributed by atoms with Crippen molar-refractivity contribution < 1.29 is 10.0 Å². The van der Waals surface area contributed by atoms with E-state index in [4.69, 9.17) is 10.9 Å². The highest BCUT2D eigenvalue weighted by atomic mass is 16.4. The first kappa shape index (κ1) is 12.2.